The van der Waals surface area contributed by atoms with Crippen molar-refractivity contribution in [2.75, 3.05) is 26.4 Å². The molecule has 0 saturated heterocycles. The molecule has 0 fully saturated rings. The van der Waals surface area contributed by atoms with E-state index >= 15 is 0 Å². The van der Waals surface area contributed by atoms with E-state index in [1.807, 2.05) is 13.8 Å². The highest BCUT2D eigenvalue weighted by molar-refractivity contribution is 5.79. The molecule has 0 amide bonds. The van der Waals surface area contributed by atoms with E-state index in [-0.39, 0.29) is 11.8 Å². The topological polar surface area (TPSA) is 68.3 Å². The lowest BCUT2D eigenvalue weighted by Gasteiger charge is -2.09. The maximum absolute atomic E-state index is 7.08. The van der Waals surface area contributed by atoms with Crippen LogP contribution in [0.4, 0.5) is 0 Å². The van der Waals surface area contributed by atoms with Crippen LogP contribution in [0, 0.1) is 11.3 Å². The van der Waals surface area contributed by atoms with Crippen LogP contribution in [0.2, 0.25) is 0 Å². The van der Waals surface area contributed by atoms with E-state index < -0.39 is 0 Å². The Morgan fingerprint density at radius 2 is 2.00 bits per heavy atom. The Morgan fingerprint density at radius 1 is 1.42 bits per heavy atom. The van der Waals surface area contributed by atoms with Gasteiger partial charge in [0, 0.05) is 12.5 Å². The van der Waals surface area contributed by atoms with E-state index in [0.29, 0.717) is 26.4 Å². The summed E-state index contributed by atoms with van der Waals surface area (Å²) in [6.45, 7) is 6.21. The lowest BCUT2D eigenvalue weighted by molar-refractivity contribution is 0.0470. The minimum atomic E-state index is 0.00614. The van der Waals surface area contributed by atoms with Crippen molar-refractivity contribution < 1.29 is 9.47 Å². The van der Waals surface area contributed by atoms with Crippen molar-refractivity contribution in [2.45, 2.75) is 13.8 Å². The second-order valence-corrected chi connectivity index (χ2v) is 2.63. The average molecular weight is 174 g/mol. The molecule has 0 aliphatic heterocycles. The van der Waals surface area contributed by atoms with Crippen LogP contribution in [0.1, 0.15) is 13.8 Å². The highest BCUT2D eigenvalue weighted by Gasteiger charge is 2.03. The molecule has 4 heteroatoms. The third-order valence-corrected chi connectivity index (χ3v) is 1.47. The zero-order valence-electron chi connectivity index (χ0n) is 7.80. The normalized spacial score (nSPS) is 12.8. The van der Waals surface area contributed by atoms with Crippen molar-refractivity contribution >= 4 is 5.84 Å². The van der Waals surface area contributed by atoms with Gasteiger partial charge >= 0.3 is 0 Å². The highest BCUT2D eigenvalue weighted by atomic mass is 16.5. The fourth-order valence-corrected chi connectivity index (χ4v) is 0.612. The minimum Gasteiger partial charge on any atom is -0.387 e. The molecular formula is C8H18N2O2. The lowest BCUT2D eigenvalue weighted by atomic mass is 10.2. The van der Waals surface area contributed by atoms with Gasteiger partial charge in [-0.05, 0) is 6.92 Å². The fourth-order valence-electron chi connectivity index (χ4n) is 0.612. The Labute approximate surface area is 73.5 Å². The first-order chi connectivity index (χ1) is 5.68. The van der Waals surface area contributed by atoms with Crippen LogP contribution in [0.25, 0.3) is 0 Å². The van der Waals surface area contributed by atoms with Gasteiger partial charge in [-0.2, -0.15) is 0 Å². The van der Waals surface area contributed by atoms with Gasteiger partial charge in [0.25, 0.3) is 0 Å². The van der Waals surface area contributed by atoms with Gasteiger partial charge in [-0.15, -0.1) is 0 Å². The Morgan fingerprint density at radius 3 is 2.50 bits per heavy atom. The van der Waals surface area contributed by atoms with Gasteiger partial charge in [0.15, 0.2) is 0 Å². The van der Waals surface area contributed by atoms with E-state index in [1.54, 1.807) is 0 Å². The van der Waals surface area contributed by atoms with Crippen molar-refractivity contribution in [3.63, 3.8) is 0 Å². The molecule has 0 saturated carbocycles. The third kappa shape index (κ3) is 6.12. The molecule has 0 aromatic heterocycles. The number of hydrogen-bond acceptors (Lipinski definition) is 3. The monoisotopic (exact) mass is 174 g/mol. The van der Waals surface area contributed by atoms with Gasteiger partial charge in [-0.1, -0.05) is 6.92 Å². The van der Waals surface area contributed by atoms with Gasteiger partial charge in [0.1, 0.15) is 0 Å². The molecule has 0 aromatic rings. The molecular weight excluding hydrogens is 156 g/mol. The fraction of sp³-hybridized carbons (Fsp3) is 0.875. The SMILES string of the molecule is CCOCCOCC(C)C(=N)N. The zero-order chi connectivity index (χ0) is 9.40. The number of ether oxygens (including phenoxy) is 2. The summed E-state index contributed by atoms with van der Waals surface area (Å²) in [4.78, 5) is 0. The van der Waals surface area contributed by atoms with E-state index in [2.05, 4.69) is 0 Å². The van der Waals surface area contributed by atoms with Crippen LogP contribution in [0.15, 0.2) is 0 Å². The Kier molecular flexibility index (Phi) is 6.70. The van der Waals surface area contributed by atoms with E-state index in [4.69, 9.17) is 20.6 Å². The largest absolute Gasteiger partial charge is 0.387 e. The smallest absolute Gasteiger partial charge is 0.0957 e. The number of nitrogens with one attached hydrogen (secondary N) is 1. The molecule has 4 nitrogen and oxygen atoms in total. The average Bonchev–Trinajstić information content (AvgIpc) is 2.03. The molecule has 72 valence electrons. The summed E-state index contributed by atoms with van der Waals surface area (Å²) in [5, 5.41) is 7.08. The van der Waals surface area contributed by atoms with Crippen LogP contribution in [0.5, 0.6) is 0 Å². The highest BCUT2D eigenvalue weighted by Crippen LogP contribution is 1.93. The van der Waals surface area contributed by atoms with Crippen molar-refractivity contribution in [1.82, 2.24) is 0 Å². The first-order valence-corrected chi connectivity index (χ1v) is 4.17. The molecule has 0 aliphatic carbocycles. The predicted octanol–water partition coefficient (Wildman–Crippen LogP) is 0.612. The first kappa shape index (κ1) is 11.4. The van der Waals surface area contributed by atoms with Crippen LogP contribution in [0.3, 0.4) is 0 Å². The molecule has 0 spiro atoms. The molecule has 3 N–H and O–H groups in total. The molecule has 12 heavy (non-hydrogen) atoms. The van der Waals surface area contributed by atoms with Crippen LogP contribution in [-0.2, 0) is 9.47 Å². The maximum atomic E-state index is 7.08. The first-order valence-electron chi connectivity index (χ1n) is 4.17. The summed E-state index contributed by atoms with van der Waals surface area (Å²) in [5.74, 6) is 0.179. The second kappa shape index (κ2) is 7.06. The zero-order valence-corrected chi connectivity index (χ0v) is 7.80. The van der Waals surface area contributed by atoms with E-state index in [0.717, 1.165) is 0 Å². The third-order valence-electron chi connectivity index (χ3n) is 1.47. The molecule has 0 radical (unpaired) electrons. The van der Waals surface area contributed by atoms with Crippen LogP contribution >= 0.6 is 0 Å². The number of amidine groups is 1. The van der Waals surface area contributed by atoms with Crippen molar-refractivity contribution in [2.24, 2.45) is 11.7 Å². The quantitative estimate of drug-likeness (QED) is 0.337. The van der Waals surface area contributed by atoms with Crippen molar-refractivity contribution in [3.05, 3.63) is 0 Å². The molecule has 1 atom stereocenters. The molecule has 0 aliphatic rings. The molecule has 0 heterocycles. The predicted molar refractivity (Wildman–Crippen MR) is 48.4 cm³/mol. The Hall–Kier alpha value is -0.610. The summed E-state index contributed by atoms with van der Waals surface area (Å²) >= 11 is 0. The summed E-state index contributed by atoms with van der Waals surface area (Å²) in [6.07, 6.45) is 0. The minimum absolute atomic E-state index is 0.00614. The summed E-state index contributed by atoms with van der Waals surface area (Å²) in [7, 11) is 0. The van der Waals surface area contributed by atoms with E-state index in [1.165, 1.54) is 0 Å². The van der Waals surface area contributed by atoms with Crippen LogP contribution in [-0.4, -0.2) is 32.3 Å². The number of nitrogens with two attached hydrogens (primary N) is 1. The van der Waals surface area contributed by atoms with Gasteiger partial charge < -0.3 is 15.2 Å². The maximum Gasteiger partial charge on any atom is 0.0957 e. The Balaban J connectivity index is 3.14. The molecule has 0 rings (SSSR count). The molecule has 1 unspecified atom stereocenters. The standard InChI is InChI=1S/C8H18N2O2/c1-3-11-4-5-12-6-7(2)8(9)10/h7H,3-6H2,1-2H3,(H3,9,10). The van der Waals surface area contributed by atoms with Crippen molar-refractivity contribution in [1.29, 1.82) is 5.41 Å². The number of hydrogen-bond donors (Lipinski definition) is 2. The summed E-state index contributed by atoms with van der Waals surface area (Å²) < 4.78 is 10.3. The van der Waals surface area contributed by atoms with Gasteiger partial charge in [0.05, 0.1) is 25.7 Å². The van der Waals surface area contributed by atoms with E-state index in [9.17, 15) is 0 Å². The molecule has 0 bridgehead atoms. The Bertz CT molecular complexity index is 128. The lowest BCUT2D eigenvalue weighted by Crippen LogP contribution is -2.24. The summed E-state index contributed by atoms with van der Waals surface area (Å²) in [5.41, 5.74) is 5.25. The van der Waals surface area contributed by atoms with Gasteiger partial charge in [0.2, 0.25) is 0 Å². The number of rotatable bonds is 7. The van der Waals surface area contributed by atoms with Crippen LogP contribution < -0.4 is 5.73 Å². The van der Waals surface area contributed by atoms with Gasteiger partial charge in [-0.25, -0.2) is 0 Å². The van der Waals surface area contributed by atoms with Gasteiger partial charge in [-0.3, -0.25) is 5.41 Å². The summed E-state index contributed by atoms with van der Waals surface area (Å²) in [6, 6.07) is 0. The second-order valence-electron chi connectivity index (χ2n) is 2.63. The van der Waals surface area contributed by atoms with Crippen molar-refractivity contribution in [3.8, 4) is 0 Å². The molecule has 0 aromatic carbocycles.